The Morgan fingerprint density at radius 3 is 2.90 bits per heavy atom. The molecule has 0 amide bonds. The van der Waals surface area contributed by atoms with Gasteiger partial charge in [-0.2, -0.15) is 0 Å². The van der Waals surface area contributed by atoms with E-state index >= 15 is 0 Å². The molecule has 0 saturated heterocycles. The van der Waals surface area contributed by atoms with E-state index in [-0.39, 0.29) is 6.04 Å². The van der Waals surface area contributed by atoms with Crippen LogP contribution < -0.4 is 5.32 Å². The van der Waals surface area contributed by atoms with Crippen molar-refractivity contribution in [2.75, 3.05) is 0 Å². The number of benzene rings is 1. The third kappa shape index (κ3) is 2.95. The van der Waals surface area contributed by atoms with Gasteiger partial charge in [-0.15, -0.1) is 5.10 Å². The highest BCUT2D eigenvalue weighted by Gasteiger charge is 2.22. The van der Waals surface area contributed by atoms with Crippen molar-refractivity contribution in [3.63, 3.8) is 0 Å². The second-order valence-corrected chi connectivity index (χ2v) is 5.88. The summed E-state index contributed by atoms with van der Waals surface area (Å²) in [6.45, 7) is 2.69. The lowest BCUT2D eigenvalue weighted by Gasteiger charge is -2.15. The van der Waals surface area contributed by atoms with Crippen LogP contribution in [0.2, 0.25) is 10.0 Å². The Bertz CT molecular complexity index is 609. The van der Waals surface area contributed by atoms with Crippen molar-refractivity contribution in [1.82, 2.24) is 25.5 Å². The lowest BCUT2D eigenvalue weighted by molar-refractivity contribution is 0.504. The predicted molar refractivity (Wildman–Crippen MR) is 78.0 cm³/mol. The molecule has 1 unspecified atom stereocenters. The molecule has 1 aliphatic rings. The maximum absolute atomic E-state index is 6.25. The summed E-state index contributed by atoms with van der Waals surface area (Å²) in [5, 5.41) is 16.6. The molecule has 0 radical (unpaired) electrons. The molecule has 1 aromatic carbocycles. The summed E-state index contributed by atoms with van der Waals surface area (Å²) in [5.74, 6) is 0.815. The maximum atomic E-state index is 6.25. The van der Waals surface area contributed by atoms with Gasteiger partial charge in [0.05, 0.1) is 12.6 Å². The topological polar surface area (TPSA) is 55.6 Å². The molecule has 3 rings (SSSR count). The molecule has 1 fully saturated rings. The summed E-state index contributed by atoms with van der Waals surface area (Å²) in [5.41, 5.74) is 0.955. The average Bonchev–Trinajstić information content (AvgIpc) is 3.12. The molecule has 7 heteroatoms. The van der Waals surface area contributed by atoms with Crippen molar-refractivity contribution >= 4 is 23.2 Å². The van der Waals surface area contributed by atoms with Gasteiger partial charge in [0, 0.05) is 16.1 Å². The Morgan fingerprint density at radius 2 is 2.20 bits per heavy atom. The second-order valence-electron chi connectivity index (χ2n) is 5.04. The van der Waals surface area contributed by atoms with Gasteiger partial charge in [-0.05, 0) is 47.9 Å². The lowest BCUT2D eigenvalue weighted by atomic mass is 10.1. The van der Waals surface area contributed by atoms with Gasteiger partial charge in [-0.3, -0.25) is 0 Å². The standard InChI is InChI=1S/C13H15Cl2N5/c1-8(11-5-2-9(14)6-12(11)15)20-13(17-18-19-20)7-16-10-3-4-10/h2,5-6,8,10,16H,3-4,7H2,1H3. The van der Waals surface area contributed by atoms with Gasteiger partial charge in [-0.25, -0.2) is 4.68 Å². The first-order valence-corrected chi connectivity index (χ1v) is 7.36. The molecule has 1 atom stereocenters. The van der Waals surface area contributed by atoms with Gasteiger partial charge in [0.1, 0.15) is 0 Å². The summed E-state index contributed by atoms with van der Waals surface area (Å²) in [4.78, 5) is 0. The Labute approximate surface area is 127 Å². The number of nitrogens with zero attached hydrogens (tertiary/aromatic N) is 4. The predicted octanol–water partition coefficient (Wildman–Crippen LogP) is 2.84. The number of tetrazole rings is 1. The third-order valence-corrected chi connectivity index (χ3v) is 4.03. The minimum atomic E-state index is -0.0363. The summed E-state index contributed by atoms with van der Waals surface area (Å²) < 4.78 is 1.80. The number of halogens is 2. The van der Waals surface area contributed by atoms with Gasteiger partial charge in [0.2, 0.25) is 0 Å². The monoisotopic (exact) mass is 311 g/mol. The molecule has 0 spiro atoms. The molecule has 1 aromatic heterocycles. The van der Waals surface area contributed by atoms with Crippen molar-refractivity contribution < 1.29 is 0 Å². The fourth-order valence-electron chi connectivity index (χ4n) is 2.12. The SMILES string of the molecule is CC(c1ccc(Cl)cc1Cl)n1nnnc1CNC1CC1. The van der Waals surface area contributed by atoms with E-state index in [4.69, 9.17) is 23.2 Å². The largest absolute Gasteiger partial charge is 0.307 e. The number of rotatable bonds is 5. The molecular weight excluding hydrogens is 297 g/mol. The van der Waals surface area contributed by atoms with Gasteiger partial charge in [0.15, 0.2) is 5.82 Å². The van der Waals surface area contributed by atoms with Crippen LogP contribution in [-0.2, 0) is 6.54 Å². The van der Waals surface area contributed by atoms with Crippen LogP contribution >= 0.6 is 23.2 Å². The number of nitrogens with one attached hydrogen (secondary N) is 1. The fraction of sp³-hybridized carbons (Fsp3) is 0.462. The quantitative estimate of drug-likeness (QED) is 0.922. The highest BCUT2D eigenvalue weighted by Crippen LogP contribution is 2.28. The number of hydrogen-bond acceptors (Lipinski definition) is 4. The molecular formula is C13H15Cl2N5. The number of hydrogen-bond donors (Lipinski definition) is 1. The third-order valence-electron chi connectivity index (χ3n) is 3.47. The minimum Gasteiger partial charge on any atom is -0.307 e. The van der Waals surface area contributed by atoms with Crippen LogP contribution in [0.5, 0.6) is 0 Å². The lowest BCUT2D eigenvalue weighted by Crippen LogP contribution is -2.21. The van der Waals surface area contributed by atoms with Crippen LogP contribution in [0.4, 0.5) is 0 Å². The molecule has 1 heterocycles. The van der Waals surface area contributed by atoms with Gasteiger partial charge >= 0.3 is 0 Å². The summed E-state index contributed by atoms with van der Waals surface area (Å²) in [6.07, 6.45) is 2.47. The summed E-state index contributed by atoms with van der Waals surface area (Å²) in [6, 6.07) is 6.06. The highest BCUT2D eigenvalue weighted by atomic mass is 35.5. The zero-order valence-electron chi connectivity index (χ0n) is 11.1. The molecule has 106 valence electrons. The first-order chi connectivity index (χ1) is 9.65. The highest BCUT2D eigenvalue weighted by molar-refractivity contribution is 6.35. The first-order valence-electron chi connectivity index (χ1n) is 6.60. The van der Waals surface area contributed by atoms with Gasteiger partial charge in [0.25, 0.3) is 0 Å². The Kier molecular flexibility index (Phi) is 3.92. The molecule has 2 aromatic rings. The molecule has 20 heavy (non-hydrogen) atoms. The molecule has 1 saturated carbocycles. The fourth-order valence-corrected chi connectivity index (χ4v) is 2.69. The van der Waals surface area contributed by atoms with Crippen LogP contribution in [0.25, 0.3) is 0 Å². The zero-order chi connectivity index (χ0) is 14.1. The molecule has 0 bridgehead atoms. The zero-order valence-corrected chi connectivity index (χ0v) is 12.6. The first kappa shape index (κ1) is 13.8. The Morgan fingerprint density at radius 1 is 1.40 bits per heavy atom. The van der Waals surface area contributed by atoms with Crippen molar-refractivity contribution in [3.8, 4) is 0 Å². The van der Waals surface area contributed by atoms with Gasteiger partial charge < -0.3 is 5.32 Å². The van der Waals surface area contributed by atoms with Crippen LogP contribution in [0.1, 0.15) is 37.2 Å². The van der Waals surface area contributed by atoms with Crippen LogP contribution in [0, 0.1) is 0 Å². The van der Waals surface area contributed by atoms with E-state index in [0.29, 0.717) is 22.6 Å². The van der Waals surface area contributed by atoms with E-state index in [9.17, 15) is 0 Å². The van der Waals surface area contributed by atoms with E-state index in [0.717, 1.165) is 11.4 Å². The van der Waals surface area contributed by atoms with Crippen LogP contribution in [-0.4, -0.2) is 26.2 Å². The van der Waals surface area contributed by atoms with E-state index < -0.39 is 0 Å². The molecule has 1 N–H and O–H groups in total. The molecule has 1 aliphatic carbocycles. The Hall–Kier alpha value is -1.17. The minimum absolute atomic E-state index is 0.0363. The summed E-state index contributed by atoms with van der Waals surface area (Å²) in [7, 11) is 0. The van der Waals surface area contributed by atoms with E-state index in [2.05, 4.69) is 20.8 Å². The Balaban J connectivity index is 1.82. The van der Waals surface area contributed by atoms with Crippen molar-refractivity contribution in [3.05, 3.63) is 39.6 Å². The van der Waals surface area contributed by atoms with E-state index in [1.54, 1.807) is 10.7 Å². The second kappa shape index (κ2) is 5.68. The molecule has 0 aliphatic heterocycles. The van der Waals surface area contributed by atoms with Crippen LogP contribution in [0.3, 0.4) is 0 Å². The normalized spacial score (nSPS) is 16.4. The van der Waals surface area contributed by atoms with Crippen molar-refractivity contribution in [2.24, 2.45) is 0 Å². The van der Waals surface area contributed by atoms with Crippen LogP contribution in [0.15, 0.2) is 18.2 Å². The smallest absolute Gasteiger partial charge is 0.165 e. The van der Waals surface area contributed by atoms with Gasteiger partial charge in [-0.1, -0.05) is 29.3 Å². The van der Waals surface area contributed by atoms with Crippen molar-refractivity contribution in [2.45, 2.75) is 38.4 Å². The van der Waals surface area contributed by atoms with Crippen molar-refractivity contribution in [1.29, 1.82) is 0 Å². The maximum Gasteiger partial charge on any atom is 0.165 e. The summed E-state index contributed by atoms with van der Waals surface area (Å²) >= 11 is 12.2. The van der Waals surface area contributed by atoms with E-state index in [1.165, 1.54) is 12.8 Å². The number of aromatic nitrogens is 4. The van der Waals surface area contributed by atoms with E-state index in [1.807, 2.05) is 19.1 Å². The molecule has 5 nitrogen and oxygen atoms in total. The average molecular weight is 312 g/mol.